The molecule has 0 fully saturated rings. The van der Waals surface area contributed by atoms with Crippen LogP contribution in [0.4, 0.5) is 5.69 Å². The van der Waals surface area contributed by atoms with Crippen LogP contribution in [0, 0.1) is 6.92 Å². The minimum atomic E-state index is -0.219. The minimum Gasteiger partial charge on any atom is -0.443 e. The van der Waals surface area contributed by atoms with Gasteiger partial charge in [0.15, 0.2) is 12.0 Å². The van der Waals surface area contributed by atoms with Crippen molar-refractivity contribution in [3.63, 3.8) is 0 Å². The van der Waals surface area contributed by atoms with Crippen molar-refractivity contribution < 1.29 is 9.21 Å². The molecule has 3 rings (SSSR count). The first-order chi connectivity index (χ1) is 9.63. The Morgan fingerprint density at radius 1 is 1.25 bits per heavy atom. The number of aromatic nitrogens is 1. The van der Waals surface area contributed by atoms with Gasteiger partial charge >= 0.3 is 0 Å². The molecule has 2 aromatic carbocycles. The number of carbonyl (C=O) groups excluding carboxylic acids is 1. The molecule has 4 nitrogen and oxygen atoms in total. The number of fused-ring (bicyclic) bond motifs is 1. The van der Waals surface area contributed by atoms with E-state index in [0.717, 1.165) is 11.1 Å². The molecule has 0 radical (unpaired) electrons. The van der Waals surface area contributed by atoms with Gasteiger partial charge in [-0.05, 0) is 42.8 Å². The van der Waals surface area contributed by atoms with Crippen molar-refractivity contribution in [2.24, 2.45) is 0 Å². The number of aryl methyl sites for hydroxylation is 1. The van der Waals surface area contributed by atoms with Gasteiger partial charge in [0, 0.05) is 16.3 Å². The van der Waals surface area contributed by atoms with Crippen molar-refractivity contribution in [1.29, 1.82) is 0 Å². The Kier molecular flexibility index (Phi) is 3.16. The second kappa shape index (κ2) is 4.98. The number of nitrogens with zero attached hydrogens (tertiary/aromatic N) is 1. The molecule has 0 aliphatic heterocycles. The van der Waals surface area contributed by atoms with Crippen LogP contribution in [-0.4, -0.2) is 10.9 Å². The Morgan fingerprint density at radius 3 is 2.90 bits per heavy atom. The molecule has 3 aromatic rings. The van der Waals surface area contributed by atoms with E-state index < -0.39 is 0 Å². The molecule has 0 bridgehead atoms. The molecule has 0 spiro atoms. The standard InChI is InChI=1S/C15H11ClN2O2/c1-9-2-4-11(7-12(9)16)18-15(19)10-3-5-13-14(6-10)20-8-17-13/h2-8H,1H3,(H,18,19). The average molecular weight is 287 g/mol. The molecular weight excluding hydrogens is 276 g/mol. The van der Waals surface area contributed by atoms with Gasteiger partial charge in [0.25, 0.3) is 5.91 Å². The summed E-state index contributed by atoms with van der Waals surface area (Å²) in [6.45, 7) is 1.91. The van der Waals surface area contributed by atoms with Crippen LogP contribution >= 0.6 is 11.6 Å². The highest BCUT2D eigenvalue weighted by Gasteiger charge is 2.09. The lowest BCUT2D eigenvalue weighted by molar-refractivity contribution is 0.102. The predicted molar refractivity (Wildman–Crippen MR) is 78.2 cm³/mol. The highest BCUT2D eigenvalue weighted by atomic mass is 35.5. The molecule has 0 saturated heterocycles. The summed E-state index contributed by atoms with van der Waals surface area (Å²) in [7, 11) is 0. The average Bonchev–Trinajstić information content (AvgIpc) is 2.90. The fourth-order valence-electron chi connectivity index (χ4n) is 1.87. The topological polar surface area (TPSA) is 55.1 Å². The van der Waals surface area contributed by atoms with Gasteiger partial charge in [-0.15, -0.1) is 0 Å². The third-order valence-corrected chi connectivity index (χ3v) is 3.43. The molecule has 1 heterocycles. The first kappa shape index (κ1) is 12.7. The molecule has 0 aliphatic rings. The van der Waals surface area contributed by atoms with Crippen LogP contribution in [0.25, 0.3) is 11.1 Å². The first-order valence-corrected chi connectivity index (χ1v) is 6.42. The number of hydrogen-bond donors (Lipinski definition) is 1. The van der Waals surface area contributed by atoms with Crippen molar-refractivity contribution in [3.05, 3.63) is 58.9 Å². The molecule has 20 heavy (non-hydrogen) atoms. The number of nitrogens with one attached hydrogen (secondary N) is 1. The SMILES string of the molecule is Cc1ccc(NC(=O)c2ccc3ncoc3c2)cc1Cl. The van der Waals surface area contributed by atoms with Crippen molar-refractivity contribution in [2.75, 3.05) is 5.32 Å². The normalized spacial score (nSPS) is 10.7. The van der Waals surface area contributed by atoms with E-state index in [-0.39, 0.29) is 5.91 Å². The molecular formula is C15H11ClN2O2. The van der Waals surface area contributed by atoms with Gasteiger partial charge in [0.2, 0.25) is 0 Å². The lowest BCUT2D eigenvalue weighted by Gasteiger charge is -2.06. The maximum Gasteiger partial charge on any atom is 0.255 e. The molecule has 1 aromatic heterocycles. The van der Waals surface area contributed by atoms with Gasteiger partial charge in [0.1, 0.15) is 5.52 Å². The zero-order valence-electron chi connectivity index (χ0n) is 10.7. The maximum atomic E-state index is 12.2. The second-order valence-corrected chi connectivity index (χ2v) is 4.86. The highest BCUT2D eigenvalue weighted by Crippen LogP contribution is 2.21. The number of halogens is 1. The van der Waals surface area contributed by atoms with Crippen LogP contribution in [0.15, 0.2) is 47.2 Å². The summed E-state index contributed by atoms with van der Waals surface area (Å²) in [5.41, 5.74) is 3.43. The van der Waals surface area contributed by atoms with Gasteiger partial charge in [-0.3, -0.25) is 4.79 Å². The maximum absolute atomic E-state index is 12.2. The van der Waals surface area contributed by atoms with E-state index in [4.69, 9.17) is 16.0 Å². The lowest BCUT2D eigenvalue weighted by Crippen LogP contribution is -2.11. The van der Waals surface area contributed by atoms with Crippen molar-refractivity contribution in [3.8, 4) is 0 Å². The Balaban J connectivity index is 1.86. The molecule has 5 heteroatoms. The Hall–Kier alpha value is -2.33. The van der Waals surface area contributed by atoms with Crippen LogP contribution < -0.4 is 5.32 Å². The van der Waals surface area contributed by atoms with Crippen LogP contribution in [0.2, 0.25) is 5.02 Å². The van der Waals surface area contributed by atoms with E-state index in [2.05, 4.69) is 10.3 Å². The fraction of sp³-hybridized carbons (Fsp3) is 0.0667. The summed E-state index contributed by atoms with van der Waals surface area (Å²) in [6, 6.07) is 10.5. The van der Waals surface area contributed by atoms with E-state index >= 15 is 0 Å². The van der Waals surface area contributed by atoms with Crippen molar-refractivity contribution in [2.45, 2.75) is 6.92 Å². The largest absolute Gasteiger partial charge is 0.443 e. The number of anilines is 1. The second-order valence-electron chi connectivity index (χ2n) is 4.45. The predicted octanol–water partition coefficient (Wildman–Crippen LogP) is 4.04. The van der Waals surface area contributed by atoms with Gasteiger partial charge in [-0.2, -0.15) is 0 Å². The number of hydrogen-bond acceptors (Lipinski definition) is 3. The van der Waals surface area contributed by atoms with Crippen LogP contribution in [0.1, 0.15) is 15.9 Å². The Morgan fingerprint density at radius 2 is 2.10 bits per heavy atom. The highest BCUT2D eigenvalue weighted by molar-refractivity contribution is 6.31. The molecule has 100 valence electrons. The van der Waals surface area contributed by atoms with Gasteiger partial charge in [-0.25, -0.2) is 4.98 Å². The third-order valence-electron chi connectivity index (χ3n) is 3.02. The molecule has 1 N–H and O–H groups in total. The molecule has 0 atom stereocenters. The van der Waals surface area contributed by atoms with Crippen LogP contribution in [-0.2, 0) is 0 Å². The van der Waals surface area contributed by atoms with Crippen LogP contribution in [0.5, 0.6) is 0 Å². The first-order valence-electron chi connectivity index (χ1n) is 6.04. The van der Waals surface area contributed by atoms with E-state index in [1.165, 1.54) is 6.39 Å². The summed E-state index contributed by atoms with van der Waals surface area (Å²) in [5.74, 6) is -0.219. The summed E-state index contributed by atoms with van der Waals surface area (Å²) in [6.07, 6.45) is 1.35. The molecule has 0 unspecified atom stereocenters. The molecule has 0 aliphatic carbocycles. The van der Waals surface area contributed by atoms with E-state index in [1.54, 1.807) is 24.3 Å². The number of oxazole rings is 1. The third kappa shape index (κ3) is 2.38. The Bertz CT molecular complexity index is 795. The van der Waals surface area contributed by atoms with E-state index in [1.807, 2.05) is 19.1 Å². The zero-order chi connectivity index (χ0) is 14.1. The lowest BCUT2D eigenvalue weighted by atomic mass is 10.2. The summed E-state index contributed by atoms with van der Waals surface area (Å²) in [5, 5.41) is 3.42. The quantitative estimate of drug-likeness (QED) is 0.773. The Labute approximate surface area is 120 Å². The van der Waals surface area contributed by atoms with Crippen LogP contribution in [0.3, 0.4) is 0 Å². The zero-order valence-corrected chi connectivity index (χ0v) is 11.4. The summed E-state index contributed by atoms with van der Waals surface area (Å²) < 4.78 is 5.18. The number of amides is 1. The van der Waals surface area contributed by atoms with Gasteiger partial charge in [-0.1, -0.05) is 17.7 Å². The summed E-state index contributed by atoms with van der Waals surface area (Å²) in [4.78, 5) is 16.2. The van der Waals surface area contributed by atoms with E-state index in [9.17, 15) is 4.79 Å². The molecule has 0 saturated carbocycles. The van der Waals surface area contributed by atoms with Crippen molar-refractivity contribution >= 4 is 34.3 Å². The minimum absolute atomic E-state index is 0.219. The summed E-state index contributed by atoms with van der Waals surface area (Å²) >= 11 is 6.03. The monoisotopic (exact) mass is 286 g/mol. The smallest absolute Gasteiger partial charge is 0.255 e. The fourth-order valence-corrected chi connectivity index (χ4v) is 2.05. The molecule has 1 amide bonds. The van der Waals surface area contributed by atoms with Gasteiger partial charge < -0.3 is 9.73 Å². The number of rotatable bonds is 2. The van der Waals surface area contributed by atoms with E-state index in [0.29, 0.717) is 21.9 Å². The van der Waals surface area contributed by atoms with Crippen molar-refractivity contribution in [1.82, 2.24) is 4.98 Å². The van der Waals surface area contributed by atoms with Gasteiger partial charge in [0.05, 0.1) is 0 Å². The number of benzene rings is 2. The number of carbonyl (C=O) groups is 1.